The van der Waals surface area contributed by atoms with Crippen molar-refractivity contribution in [2.45, 2.75) is 65.0 Å². The number of nitrogens with zero attached hydrogens (tertiary/aromatic N) is 3. The van der Waals surface area contributed by atoms with Gasteiger partial charge in [0.2, 0.25) is 0 Å². The van der Waals surface area contributed by atoms with Crippen LogP contribution in [-0.2, 0) is 9.53 Å². The number of aryl methyl sites for hydroxylation is 1. The lowest BCUT2D eigenvalue weighted by Gasteiger charge is -2.26. The molecule has 40 heavy (non-hydrogen) atoms. The normalized spacial score (nSPS) is 18.1. The average molecular weight is 572 g/mol. The number of thiazole rings is 1. The summed E-state index contributed by atoms with van der Waals surface area (Å²) in [6, 6.07) is 15.7. The Hall–Kier alpha value is -3.49. The third-order valence-corrected chi connectivity index (χ3v) is 9.84. The predicted octanol–water partition coefficient (Wildman–Crippen LogP) is 5.92. The molecule has 6 nitrogen and oxygen atoms in total. The minimum atomic E-state index is -0.609. The molecule has 2 aliphatic rings. The number of rotatable bonds is 6. The summed E-state index contributed by atoms with van der Waals surface area (Å²) in [5.41, 5.74) is 5.12. The molecule has 4 aromatic rings. The van der Waals surface area contributed by atoms with Crippen molar-refractivity contribution in [3.05, 3.63) is 107 Å². The van der Waals surface area contributed by atoms with Crippen LogP contribution in [0.15, 0.2) is 69.3 Å². The Labute approximate surface area is 241 Å². The Morgan fingerprint density at radius 1 is 1.07 bits per heavy atom. The van der Waals surface area contributed by atoms with Crippen LogP contribution in [0.5, 0.6) is 0 Å². The molecule has 8 heteroatoms. The quantitative estimate of drug-likeness (QED) is 0.270. The van der Waals surface area contributed by atoms with E-state index in [2.05, 4.69) is 24.5 Å². The molecule has 0 radical (unpaired) electrons. The van der Waals surface area contributed by atoms with Crippen LogP contribution in [0, 0.1) is 13.8 Å². The van der Waals surface area contributed by atoms with Crippen molar-refractivity contribution in [2.24, 2.45) is 4.99 Å². The average Bonchev–Trinajstić information content (AvgIpc) is 3.68. The number of esters is 1. The van der Waals surface area contributed by atoms with E-state index in [4.69, 9.17) is 9.73 Å². The number of carbonyl (C=O) groups excluding carboxylic acids is 1. The highest BCUT2D eigenvalue weighted by Crippen LogP contribution is 2.37. The summed E-state index contributed by atoms with van der Waals surface area (Å²) >= 11 is 2.90. The fourth-order valence-corrected chi connectivity index (χ4v) is 7.96. The smallest absolute Gasteiger partial charge is 0.338 e. The van der Waals surface area contributed by atoms with Crippen molar-refractivity contribution in [1.82, 2.24) is 9.13 Å². The Bertz CT molecular complexity index is 1750. The summed E-state index contributed by atoms with van der Waals surface area (Å²) in [5.74, 6) is -0.450. The minimum absolute atomic E-state index is 0.140. The van der Waals surface area contributed by atoms with E-state index in [1.54, 1.807) is 11.5 Å². The van der Waals surface area contributed by atoms with Crippen molar-refractivity contribution in [3.8, 4) is 0 Å². The van der Waals surface area contributed by atoms with Crippen LogP contribution in [-0.4, -0.2) is 21.7 Å². The molecule has 1 aromatic carbocycles. The Kier molecular flexibility index (Phi) is 7.47. The minimum Gasteiger partial charge on any atom is -0.463 e. The SMILES string of the molecule is CCOC(=O)C1=C(c2ccccc2)N=c2s/c(=C\c3cc(C)n(C4CCCCC4)c3C)c(=O)n2[C@H]1c1cccs1. The van der Waals surface area contributed by atoms with E-state index in [-0.39, 0.29) is 12.2 Å². The summed E-state index contributed by atoms with van der Waals surface area (Å²) in [7, 11) is 0. The van der Waals surface area contributed by atoms with Crippen LogP contribution >= 0.6 is 22.7 Å². The van der Waals surface area contributed by atoms with E-state index >= 15 is 0 Å². The van der Waals surface area contributed by atoms with Gasteiger partial charge in [0, 0.05) is 27.9 Å². The third-order valence-electron chi connectivity index (χ3n) is 7.94. The van der Waals surface area contributed by atoms with Gasteiger partial charge in [-0.15, -0.1) is 11.3 Å². The van der Waals surface area contributed by atoms with Gasteiger partial charge in [-0.05, 0) is 62.8 Å². The van der Waals surface area contributed by atoms with E-state index in [1.165, 1.54) is 66.2 Å². The number of hydrogen-bond donors (Lipinski definition) is 0. The first-order valence-corrected chi connectivity index (χ1v) is 15.7. The standard InChI is InChI=1S/C32H33N3O3S2/c1-4-38-31(37)27-28(22-12-7-5-8-13-22)33-32-35(29(27)25-16-11-17-39-25)30(36)26(40-32)19-23-18-20(2)34(21(23)3)24-14-9-6-10-15-24/h5,7-8,11-13,16-19,24,29H,4,6,9-10,14-15H2,1-3H3/b26-19-/t29-/m0/s1. The van der Waals surface area contributed by atoms with Crippen molar-refractivity contribution < 1.29 is 9.53 Å². The number of fused-ring (bicyclic) bond motifs is 1. The van der Waals surface area contributed by atoms with Gasteiger partial charge in [-0.2, -0.15) is 0 Å². The van der Waals surface area contributed by atoms with Crippen molar-refractivity contribution >= 4 is 40.4 Å². The largest absolute Gasteiger partial charge is 0.463 e. The number of hydrogen-bond acceptors (Lipinski definition) is 6. The van der Waals surface area contributed by atoms with Crippen LogP contribution in [0.1, 0.15) is 78.5 Å². The second kappa shape index (κ2) is 11.2. The molecule has 0 bridgehead atoms. The number of thiophene rings is 1. The van der Waals surface area contributed by atoms with E-state index in [1.807, 2.05) is 53.9 Å². The molecule has 1 fully saturated rings. The monoisotopic (exact) mass is 571 g/mol. The van der Waals surface area contributed by atoms with Crippen molar-refractivity contribution in [1.29, 1.82) is 0 Å². The molecule has 3 aromatic heterocycles. The summed E-state index contributed by atoms with van der Waals surface area (Å²) in [4.78, 5) is 34.0. The molecule has 206 valence electrons. The van der Waals surface area contributed by atoms with E-state index < -0.39 is 12.0 Å². The maximum absolute atomic E-state index is 14.1. The Balaban J connectivity index is 1.56. The summed E-state index contributed by atoms with van der Waals surface area (Å²) < 4.78 is 10.3. The van der Waals surface area contributed by atoms with Gasteiger partial charge in [-0.25, -0.2) is 9.79 Å². The second-order valence-corrected chi connectivity index (χ2v) is 12.4. The highest BCUT2D eigenvalue weighted by molar-refractivity contribution is 7.10. The number of benzene rings is 1. The fraction of sp³-hybridized carbons (Fsp3) is 0.344. The van der Waals surface area contributed by atoms with Gasteiger partial charge in [0.05, 0.1) is 22.4 Å². The van der Waals surface area contributed by atoms with Crippen LogP contribution in [0.4, 0.5) is 0 Å². The number of aromatic nitrogens is 2. The first-order valence-electron chi connectivity index (χ1n) is 14.0. The molecule has 0 unspecified atom stereocenters. The lowest BCUT2D eigenvalue weighted by atomic mass is 9.95. The molecular weight excluding hydrogens is 539 g/mol. The molecule has 6 rings (SSSR count). The molecule has 0 saturated heterocycles. The third kappa shape index (κ3) is 4.73. The van der Waals surface area contributed by atoms with Gasteiger partial charge < -0.3 is 9.30 Å². The maximum atomic E-state index is 14.1. The summed E-state index contributed by atoms with van der Waals surface area (Å²) in [6.07, 6.45) is 8.27. The van der Waals surface area contributed by atoms with Crippen molar-refractivity contribution in [2.75, 3.05) is 6.61 Å². The fourth-order valence-electron chi connectivity index (χ4n) is 6.15. The zero-order chi connectivity index (χ0) is 27.8. The highest BCUT2D eigenvalue weighted by Gasteiger charge is 2.35. The van der Waals surface area contributed by atoms with Crippen LogP contribution in [0.2, 0.25) is 0 Å². The zero-order valence-corrected chi connectivity index (χ0v) is 24.7. The van der Waals surface area contributed by atoms with Gasteiger partial charge >= 0.3 is 5.97 Å². The van der Waals surface area contributed by atoms with Gasteiger partial charge in [-0.3, -0.25) is 9.36 Å². The summed E-state index contributed by atoms with van der Waals surface area (Å²) in [6.45, 7) is 6.35. The Morgan fingerprint density at radius 3 is 2.55 bits per heavy atom. The zero-order valence-electron chi connectivity index (χ0n) is 23.1. The molecule has 4 heterocycles. The van der Waals surface area contributed by atoms with Crippen molar-refractivity contribution in [3.63, 3.8) is 0 Å². The van der Waals surface area contributed by atoms with E-state index in [0.29, 0.717) is 26.6 Å². The second-order valence-electron chi connectivity index (χ2n) is 10.4. The summed E-state index contributed by atoms with van der Waals surface area (Å²) in [5, 5.41) is 1.97. The lowest BCUT2D eigenvalue weighted by molar-refractivity contribution is -0.138. The first-order chi connectivity index (χ1) is 19.5. The molecular formula is C32H33N3O3S2. The number of ether oxygens (including phenoxy) is 1. The van der Waals surface area contributed by atoms with Gasteiger partial charge in [-0.1, -0.05) is 67.0 Å². The van der Waals surface area contributed by atoms with Crippen LogP contribution < -0.4 is 14.9 Å². The van der Waals surface area contributed by atoms with Crippen LogP contribution in [0.25, 0.3) is 11.8 Å². The van der Waals surface area contributed by atoms with Gasteiger partial charge in [0.15, 0.2) is 4.80 Å². The molecule has 1 saturated carbocycles. The molecule has 0 spiro atoms. The molecule has 1 atom stereocenters. The predicted molar refractivity (Wildman–Crippen MR) is 161 cm³/mol. The lowest BCUT2D eigenvalue weighted by Crippen LogP contribution is -2.39. The Morgan fingerprint density at radius 2 is 1.85 bits per heavy atom. The molecule has 1 aliphatic heterocycles. The maximum Gasteiger partial charge on any atom is 0.338 e. The molecule has 1 aliphatic carbocycles. The van der Waals surface area contributed by atoms with Gasteiger partial charge in [0.25, 0.3) is 5.56 Å². The van der Waals surface area contributed by atoms with E-state index in [9.17, 15) is 9.59 Å². The number of carbonyl (C=O) groups is 1. The van der Waals surface area contributed by atoms with Crippen LogP contribution in [0.3, 0.4) is 0 Å². The topological polar surface area (TPSA) is 65.6 Å². The van der Waals surface area contributed by atoms with E-state index in [0.717, 1.165) is 16.0 Å². The molecule has 0 N–H and O–H groups in total. The highest BCUT2D eigenvalue weighted by atomic mass is 32.1. The molecule has 0 amide bonds. The van der Waals surface area contributed by atoms with Gasteiger partial charge in [0.1, 0.15) is 6.04 Å². The first kappa shape index (κ1) is 26.7.